The number of nitriles is 1. The molecule has 1 aromatic heterocycles. The van der Waals surface area contributed by atoms with Gasteiger partial charge in [-0.15, -0.1) is 0 Å². The van der Waals surface area contributed by atoms with Crippen molar-refractivity contribution in [3.63, 3.8) is 0 Å². The second kappa shape index (κ2) is 7.60. The normalized spacial score (nSPS) is 10.9. The molecule has 3 aromatic rings. The topological polar surface area (TPSA) is 102 Å². The molecule has 7 nitrogen and oxygen atoms in total. The monoisotopic (exact) mass is 380 g/mol. The number of non-ortho nitro benzene ring substituents is 1. The van der Waals surface area contributed by atoms with E-state index in [1.807, 2.05) is 26.0 Å². The summed E-state index contributed by atoms with van der Waals surface area (Å²) in [5, 5.41) is 21.3. The molecule has 0 spiro atoms. The lowest BCUT2D eigenvalue weighted by atomic mass is 10.2. The van der Waals surface area contributed by atoms with Gasteiger partial charge in [0.25, 0.3) is 11.2 Å². The predicted molar refractivity (Wildman–Crippen MR) is 103 cm³/mol. The van der Waals surface area contributed by atoms with Crippen molar-refractivity contribution in [1.29, 1.82) is 5.26 Å². The summed E-state index contributed by atoms with van der Waals surface area (Å²) in [6.07, 6.45) is 0. The van der Waals surface area contributed by atoms with E-state index in [9.17, 15) is 20.2 Å². The van der Waals surface area contributed by atoms with Gasteiger partial charge < -0.3 is 0 Å². The van der Waals surface area contributed by atoms with Crippen LogP contribution >= 0.6 is 11.8 Å². The van der Waals surface area contributed by atoms with Crippen LogP contribution in [0.4, 0.5) is 5.69 Å². The van der Waals surface area contributed by atoms with Crippen molar-refractivity contribution >= 4 is 28.4 Å². The summed E-state index contributed by atoms with van der Waals surface area (Å²) in [6, 6.07) is 13.2. The van der Waals surface area contributed by atoms with Crippen LogP contribution in [0.25, 0.3) is 10.9 Å². The number of nitro groups is 1. The number of nitrogens with zero attached hydrogens (tertiary/aromatic N) is 4. The number of hydrogen-bond donors (Lipinski definition) is 0. The summed E-state index contributed by atoms with van der Waals surface area (Å²) in [4.78, 5) is 28.4. The summed E-state index contributed by atoms with van der Waals surface area (Å²) in [5.41, 5.74) is 0.456. The summed E-state index contributed by atoms with van der Waals surface area (Å²) in [5.74, 6) is 0.220. The van der Waals surface area contributed by atoms with Crippen LogP contribution in [0, 0.1) is 27.4 Å². The van der Waals surface area contributed by atoms with E-state index in [1.54, 1.807) is 22.8 Å². The Morgan fingerprint density at radius 1 is 1.30 bits per heavy atom. The van der Waals surface area contributed by atoms with Gasteiger partial charge in [-0.2, -0.15) is 5.26 Å². The fourth-order valence-corrected chi connectivity index (χ4v) is 3.62. The molecule has 0 aliphatic heterocycles. The van der Waals surface area contributed by atoms with Crippen molar-refractivity contribution in [3.8, 4) is 6.07 Å². The van der Waals surface area contributed by atoms with Crippen molar-refractivity contribution < 1.29 is 4.92 Å². The maximum absolute atomic E-state index is 12.9. The number of nitro benzene ring substituents is 1. The minimum atomic E-state index is -0.543. The number of hydrogen-bond acceptors (Lipinski definition) is 6. The van der Waals surface area contributed by atoms with E-state index in [4.69, 9.17) is 0 Å². The third-order valence-corrected chi connectivity index (χ3v) is 4.94. The van der Waals surface area contributed by atoms with Crippen LogP contribution in [0.2, 0.25) is 0 Å². The number of fused-ring (bicyclic) bond motifs is 1. The van der Waals surface area contributed by atoms with Crippen LogP contribution < -0.4 is 5.56 Å². The highest BCUT2D eigenvalue weighted by molar-refractivity contribution is 7.99. The van der Waals surface area contributed by atoms with E-state index in [-0.39, 0.29) is 22.7 Å². The minimum absolute atomic E-state index is 0.141. The molecule has 2 aromatic carbocycles. The Hall–Kier alpha value is -3.18. The van der Waals surface area contributed by atoms with Gasteiger partial charge in [0.05, 0.1) is 21.4 Å². The van der Waals surface area contributed by atoms with E-state index in [2.05, 4.69) is 4.98 Å². The molecule has 0 amide bonds. The zero-order valence-electron chi connectivity index (χ0n) is 14.7. The molecule has 0 bridgehead atoms. The van der Waals surface area contributed by atoms with E-state index >= 15 is 0 Å². The van der Waals surface area contributed by atoms with Gasteiger partial charge in [-0.1, -0.05) is 37.7 Å². The van der Waals surface area contributed by atoms with Crippen LogP contribution in [0.1, 0.15) is 19.4 Å². The predicted octanol–water partition coefficient (Wildman–Crippen LogP) is 3.98. The first-order chi connectivity index (χ1) is 12.9. The van der Waals surface area contributed by atoms with E-state index < -0.39 is 4.92 Å². The maximum atomic E-state index is 12.9. The van der Waals surface area contributed by atoms with Crippen molar-refractivity contribution in [2.24, 2.45) is 5.92 Å². The van der Waals surface area contributed by atoms with Crippen molar-refractivity contribution in [1.82, 2.24) is 9.55 Å². The number of benzene rings is 2. The van der Waals surface area contributed by atoms with Crippen LogP contribution in [-0.4, -0.2) is 14.5 Å². The Labute approximate surface area is 159 Å². The molecule has 0 saturated heterocycles. The molecule has 0 aliphatic rings. The smallest absolute Gasteiger partial charge is 0.270 e. The lowest BCUT2D eigenvalue weighted by Gasteiger charge is -2.15. The van der Waals surface area contributed by atoms with Gasteiger partial charge in [-0.05, 0) is 24.1 Å². The van der Waals surface area contributed by atoms with Gasteiger partial charge in [0.1, 0.15) is 6.07 Å². The highest BCUT2D eigenvalue weighted by Crippen LogP contribution is 2.31. The summed E-state index contributed by atoms with van der Waals surface area (Å²) in [7, 11) is 0. The first-order valence-corrected chi connectivity index (χ1v) is 9.08. The molecule has 0 atom stereocenters. The molecular weight excluding hydrogens is 364 g/mol. The van der Waals surface area contributed by atoms with Crippen molar-refractivity contribution in [3.05, 3.63) is 68.5 Å². The molecular formula is C19H16N4O3S. The summed E-state index contributed by atoms with van der Waals surface area (Å²) >= 11 is 1.16. The van der Waals surface area contributed by atoms with Gasteiger partial charge in [-0.3, -0.25) is 19.5 Å². The molecule has 0 radical (unpaired) electrons. The zero-order valence-corrected chi connectivity index (χ0v) is 15.6. The first-order valence-electron chi connectivity index (χ1n) is 8.26. The fourth-order valence-electron chi connectivity index (χ4n) is 2.66. The second-order valence-corrected chi connectivity index (χ2v) is 7.38. The third kappa shape index (κ3) is 3.83. The molecule has 3 rings (SSSR count). The summed E-state index contributed by atoms with van der Waals surface area (Å²) in [6.45, 7) is 4.49. The van der Waals surface area contributed by atoms with E-state index in [0.717, 1.165) is 11.8 Å². The van der Waals surface area contributed by atoms with Gasteiger partial charge in [0.15, 0.2) is 5.16 Å². The largest absolute Gasteiger partial charge is 0.287 e. The number of para-hydroxylation sites is 1. The lowest BCUT2D eigenvalue weighted by molar-refractivity contribution is -0.384. The molecule has 27 heavy (non-hydrogen) atoms. The average Bonchev–Trinajstić information content (AvgIpc) is 2.64. The van der Waals surface area contributed by atoms with E-state index in [1.165, 1.54) is 18.2 Å². The zero-order chi connectivity index (χ0) is 19.6. The number of rotatable bonds is 5. The molecule has 0 aliphatic carbocycles. The number of aromatic nitrogens is 2. The average molecular weight is 380 g/mol. The highest BCUT2D eigenvalue weighted by Gasteiger charge is 2.17. The van der Waals surface area contributed by atoms with E-state index in [0.29, 0.717) is 27.5 Å². The van der Waals surface area contributed by atoms with Gasteiger partial charge in [0.2, 0.25) is 0 Å². The first kappa shape index (κ1) is 18.6. The lowest BCUT2D eigenvalue weighted by Crippen LogP contribution is -2.25. The third-order valence-electron chi connectivity index (χ3n) is 3.87. The van der Waals surface area contributed by atoms with Gasteiger partial charge in [-0.25, -0.2) is 4.98 Å². The van der Waals surface area contributed by atoms with Crippen LogP contribution in [-0.2, 0) is 6.54 Å². The van der Waals surface area contributed by atoms with Crippen molar-refractivity contribution in [2.75, 3.05) is 0 Å². The maximum Gasteiger partial charge on any atom is 0.270 e. The van der Waals surface area contributed by atoms with Gasteiger partial charge in [0, 0.05) is 23.6 Å². The second-order valence-electron chi connectivity index (χ2n) is 6.37. The summed E-state index contributed by atoms with van der Waals surface area (Å²) < 4.78 is 1.60. The molecule has 0 N–H and O–H groups in total. The van der Waals surface area contributed by atoms with Crippen LogP contribution in [0.3, 0.4) is 0 Å². The molecule has 8 heteroatoms. The van der Waals surface area contributed by atoms with Gasteiger partial charge >= 0.3 is 0 Å². The van der Waals surface area contributed by atoms with Crippen molar-refractivity contribution in [2.45, 2.75) is 30.4 Å². The molecule has 0 saturated carbocycles. The molecule has 0 fully saturated rings. The Bertz CT molecular complexity index is 1130. The molecule has 1 heterocycles. The quantitative estimate of drug-likeness (QED) is 0.377. The SMILES string of the molecule is CC(C)Cn1c(Sc2ccc([N+](=O)[O-])cc2C#N)nc2ccccc2c1=O. The van der Waals surface area contributed by atoms with Crippen LogP contribution in [0.15, 0.2) is 57.3 Å². The molecule has 0 unspecified atom stereocenters. The Balaban J connectivity index is 2.15. The Kier molecular flexibility index (Phi) is 5.23. The van der Waals surface area contributed by atoms with Crippen LogP contribution in [0.5, 0.6) is 0 Å². The minimum Gasteiger partial charge on any atom is -0.287 e. The standard InChI is InChI=1S/C19H16N4O3S/c1-12(2)11-22-18(24)15-5-3-4-6-16(15)21-19(22)27-17-8-7-14(23(25)26)9-13(17)10-20/h3-9,12H,11H2,1-2H3. The Morgan fingerprint density at radius 2 is 2.04 bits per heavy atom. The fraction of sp³-hybridized carbons (Fsp3) is 0.211. The Morgan fingerprint density at radius 3 is 2.70 bits per heavy atom. The highest BCUT2D eigenvalue weighted by atomic mass is 32.2. The molecule has 136 valence electrons.